The van der Waals surface area contributed by atoms with E-state index in [0.717, 1.165) is 21.0 Å². The van der Waals surface area contributed by atoms with Gasteiger partial charge in [0.2, 0.25) is 0 Å². The number of aromatic nitrogens is 1. The summed E-state index contributed by atoms with van der Waals surface area (Å²) in [5.41, 5.74) is 3.03. The van der Waals surface area contributed by atoms with Crippen molar-refractivity contribution in [1.82, 2.24) is 10.5 Å². The van der Waals surface area contributed by atoms with E-state index in [0.29, 0.717) is 27.8 Å². The zero-order valence-corrected chi connectivity index (χ0v) is 16.6. The SMILES string of the molecule is Cc1c(C(=O)NCc2cc(-c3ccc(Cl)cc3)no2)oc2cc(Br)ccc12. The molecule has 136 valence electrons. The molecule has 1 N–H and O–H groups in total. The van der Waals surface area contributed by atoms with Crippen LogP contribution >= 0.6 is 27.5 Å². The van der Waals surface area contributed by atoms with Crippen molar-refractivity contribution in [3.8, 4) is 11.3 Å². The number of fused-ring (bicyclic) bond motifs is 1. The quantitative estimate of drug-likeness (QED) is 0.435. The van der Waals surface area contributed by atoms with Gasteiger partial charge in [-0.2, -0.15) is 0 Å². The van der Waals surface area contributed by atoms with Crippen molar-refractivity contribution < 1.29 is 13.7 Å². The highest BCUT2D eigenvalue weighted by atomic mass is 79.9. The summed E-state index contributed by atoms with van der Waals surface area (Å²) in [7, 11) is 0. The smallest absolute Gasteiger partial charge is 0.287 e. The predicted molar refractivity (Wildman–Crippen MR) is 107 cm³/mol. The molecule has 2 aromatic heterocycles. The third-order valence-corrected chi connectivity index (χ3v) is 4.97. The molecular formula is C20H14BrClN2O3. The van der Waals surface area contributed by atoms with Crippen molar-refractivity contribution >= 4 is 44.4 Å². The average molecular weight is 446 g/mol. The van der Waals surface area contributed by atoms with Crippen molar-refractivity contribution in [2.75, 3.05) is 0 Å². The summed E-state index contributed by atoms with van der Waals surface area (Å²) in [6, 6.07) is 14.8. The molecule has 27 heavy (non-hydrogen) atoms. The molecule has 0 aliphatic rings. The molecule has 2 heterocycles. The molecule has 0 aliphatic heterocycles. The van der Waals surface area contributed by atoms with Gasteiger partial charge in [-0.25, -0.2) is 0 Å². The van der Waals surface area contributed by atoms with Gasteiger partial charge in [0.15, 0.2) is 11.5 Å². The number of amides is 1. The number of furan rings is 1. The number of aryl methyl sites for hydroxylation is 1. The molecule has 0 atom stereocenters. The third kappa shape index (κ3) is 3.63. The van der Waals surface area contributed by atoms with E-state index in [4.69, 9.17) is 20.5 Å². The average Bonchev–Trinajstić information content (AvgIpc) is 3.25. The van der Waals surface area contributed by atoms with Crippen molar-refractivity contribution in [2.45, 2.75) is 13.5 Å². The van der Waals surface area contributed by atoms with E-state index in [1.165, 1.54) is 0 Å². The molecule has 2 aromatic carbocycles. The maximum absolute atomic E-state index is 12.5. The van der Waals surface area contributed by atoms with Crippen LogP contribution in [0.1, 0.15) is 21.9 Å². The van der Waals surface area contributed by atoms with E-state index < -0.39 is 0 Å². The fraction of sp³-hybridized carbons (Fsp3) is 0.100. The summed E-state index contributed by atoms with van der Waals surface area (Å²) >= 11 is 9.30. The molecule has 0 aliphatic carbocycles. The molecule has 0 radical (unpaired) electrons. The molecule has 4 rings (SSSR count). The predicted octanol–water partition coefficient (Wildman–Crippen LogP) is 5.74. The second-order valence-corrected chi connectivity index (χ2v) is 7.42. The largest absolute Gasteiger partial charge is 0.451 e. The van der Waals surface area contributed by atoms with Crippen molar-refractivity contribution in [1.29, 1.82) is 0 Å². The van der Waals surface area contributed by atoms with Gasteiger partial charge in [-0.05, 0) is 37.3 Å². The summed E-state index contributed by atoms with van der Waals surface area (Å²) in [6.07, 6.45) is 0. The summed E-state index contributed by atoms with van der Waals surface area (Å²) in [6.45, 7) is 2.07. The Labute approximate surface area is 168 Å². The Hall–Kier alpha value is -2.57. The molecule has 0 saturated heterocycles. The van der Waals surface area contributed by atoms with Gasteiger partial charge in [0.25, 0.3) is 5.91 Å². The number of carbonyl (C=O) groups is 1. The summed E-state index contributed by atoms with van der Waals surface area (Å²) in [5.74, 6) is 0.537. The minimum atomic E-state index is -0.302. The van der Waals surface area contributed by atoms with Crippen LogP contribution in [-0.2, 0) is 6.54 Å². The van der Waals surface area contributed by atoms with Crippen molar-refractivity contribution in [3.05, 3.63) is 75.1 Å². The lowest BCUT2D eigenvalue weighted by Crippen LogP contribution is -2.22. The van der Waals surface area contributed by atoms with E-state index >= 15 is 0 Å². The Balaban J connectivity index is 1.48. The number of nitrogens with one attached hydrogen (secondary N) is 1. The lowest BCUT2D eigenvalue weighted by molar-refractivity contribution is 0.0920. The van der Waals surface area contributed by atoms with Crippen LogP contribution in [0.2, 0.25) is 5.02 Å². The monoisotopic (exact) mass is 444 g/mol. The van der Waals surface area contributed by atoms with Gasteiger partial charge < -0.3 is 14.3 Å². The van der Waals surface area contributed by atoms with Crippen LogP contribution in [0.3, 0.4) is 0 Å². The Morgan fingerprint density at radius 3 is 2.74 bits per heavy atom. The molecule has 4 aromatic rings. The van der Waals surface area contributed by atoms with Gasteiger partial charge in [-0.3, -0.25) is 4.79 Å². The topological polar surface area (TPSA) is 68.3 Å². The third-order valence-electron chi connectivity index (χ3n) is 4.23. The van der Waals surface area contributed by atoms with Crippen molar-refractivity contribution in [3.63, 3.8) is 0 Å². The van der Waals surface area contributed by atoms with Gasteiger partial charge in [0.05, 0.1) is 6.54 Å². The first-order chi connectivity index (χ1) is 13.0. The maximum atomic E-state index is 12.5. The second kappa shape index (κ2) is 7.21. The van der Waals surface area contributed by atoms with Crippen LogP contribution in [-0.4, -0.2) is 11.1 Å². The van der Waals surface area contributed by atoms with Crippen LogP contribution in [0.5, 0.6) is 0 Å². The first kappa shape index (κ1) is 17.8. The standard InChI is InChI=1S/C20H14BrClN2O3/c1-11-16-7-4-13(21)8-18(16)26-19(11)20(25)23-10-15-9-17(24-27-15)12-2-5-14(22)6-3-12/h2-9H,10H2,1H3,(H,23,25). The van der Waals surface area contributed by atoms with Gasteiger partial charge in [0.1, 0.15) is 11.3 Å². The molecule has 7 heteroatoms. The number of hydrogen-bond donors (Lipinski definition) is 1. The second-order valence-electron chi connectivity index (χ2n) is 6.06. The summed E-state index contributed by atoms with van der Waals surface area (Å²) < 4.78 is 11.9. The van der Waals surface area contributed by atoms with Crippen LogP contribution < -0.4 is 5.32 Å². The lowest BCUT2D eigenvalue weighted by Gasteiger charge is -2.00. The van der Waals surface area contributed by atoms with E-state index in [1.807, 2.05) is 37.3 Å². The number of halogens is 2. The molecule has 0 fully saturated rings. The highest BCUT2D eigenvalue weighted by Crippen LogP contribution is 2.28. The van der Waals surface area contributed by atoms with Gasteiger partial charge in [-0.1, -0.05) is 44.8 Å². The van der Waals surface area contributed by atoms with Crippen LogP contribution in [0.15, 0.2) is 61.9 Å². The molecule has 0 spiro atoms. The lowest BCUT2D eigenvalue weighted by atomic mass is 10.1. The van der Waals surface area contributed by atoms with E-state index in [-0.39, 0.29) is 12.5 Å². The van der Waals surface area contributed by atoms with Crippen LogP contribution in [0.4, 0.5) is 0 Å². The highest BCUT2D eigenvalue weighted by Gasteiger charge is 2.18. The van der Waals surface area contributed by atoms with Gasteiger partial charge >= 0.3 is 0 Å². The number of benzene rings is 2. The number of hydrogen-bond acceptors (Lipinski definition) is 4. The number of rotatable bonds is 4. The fourth-order valence-electron chi connectivity index (χ4n) is 2.82. The molecular weight excluding hydrogens is 432 g/mol. The zero-order chi connectivity index (χ0) is 19.0. The zero-order valence-electron chi connectivity index (χ0n) is 14.3. The first-order valence-electron chi connectivity index (χ1n) is 8.19. The normalized spacial score (nSPS) is 11.1. The van der Waals surface area contributed by atoms with Crippen LogP contribution in [0.25, 0.3) is 22.2 Å². The Bertz CT molecular complexity index is 1130. The minimum absolute atomic E-state index is 0.208. The molecule has 0 bridgehead atoms. The number of carbonyl (C=O) groups excluding carboxylic acids is 1. The first-order valence-corrected chi connectivity index (χ1v) is 9.37. The Kier molecular flexibility index (Phi) is 4.76. The summed E-state index contributed by atoms with van der Waals surface area (Å²) in [5, 5.41) is 8.40. The molecule has 0 unspecified atom stereocenters. The van der Waals surface area contributed by atoms with Crippen molar-refractivity contribution in [2.24, 2.45) is 0 Å². The number of nitrogens with zero attached hydrogens (tertiary/aromatic N) is 1. The maximum Gasteiger partial charge on any atom is 0.287 e. The molecule has 5 nitrogen and oxygen atoms in total. The highest BCUT2D eigenvalue weighted by molar-refractivity contribution is 9.10. The molecule has 0 saturated carbocycles. The van der Waals surface area contributed by atoms with Crippen LogP contribution in [0, 0.1) is 6.92 Å². The van der Waals surface area contributed by atoms with Gasteiger partial charge in [-0.15, -0.1) is 0 Å². The summed E-state index contributed by atoms with van der Waals surface area (Å²) in [4.78, 5) is 12.5. The fourth-order valence-corrected chi connectivity index (χ4v) is 3.28. The minimum Gasteiger partial charge on any atom is -0.451 e. The van der Waals surface area contributed by atoms with E-state index in [9.17, 15) is 4.79 Å². The molecule has 1 amide bonds. The van der Waals surface area contributed by atoms with Gasteiger partial charge in [0, 0.05) is 32.1 Å². The van der Waals surface area contributed by atoms with E-state index in [1.54, 1.807) is 18.2 Å². The van der Waals surface area contributed by atoms with E-state index in [2.05, 4.69) is 26.4 Å². The Morgan fingerprint density at radius 2 is 1.96 bits per heavy atom. The Morgan fingerprint density at radius 1 is 1.19 bits per heavy atom.